The summed E-state index contributed by atoms with van der Waals surface area (Å²) in [5, 5.41) is 0. The molecule has 1 rings (SSSR count). The molecule has 0 bridgehead atoms. The highest BCUT2D eigenvalue weighted by Gasteiger charge is 2.15. The Balaban J connectivity index is 3.39. The van der Waals surface area contributed by atoms with Gasteiger partial charge in [0, 0.05) is 10.0 Å². The molecule has 0 aliphatic rings. The lowest BCUT2D eigenvalue weighted by Gasteiger charge is -2.14. The molecule has 0 spiro atoms. The van der Waals surface area contributed by atoms with Crippen LogP contribution in [0.4, 0.5) is 0 Å². The molecule has 0 aliphatic heterocycles. The van der Waals surface area contributed by atoms with Crippen molar-refractivity contribution in [3.63, 3.8) is 0 Å². The molecule has 0 radical (unpaired) electrons. The van der Waals surface area contributed by atoms with Crippen molar-refractivity contribution in [2.45, 2.75) is 13.5 Å². The molecule has 4 nitrogen and oxygen atoms in total. The summed E-state index contributed by atoms with van der Waals surface area (Å²) >= 11 is 3.44. The van der Waals surface area contributed by atoms with E-state index in [1.807, 2.05) is 13.0 Å². The number of aryl methyl sites for hydroxylation is 1. The summed E-state index contributed by atoms with van der Waals surface area (Å²) < 4.78 is 11.3. The largest absolute Gasteiger partial charge is 0.493 e. The molecule has 0 amide bonds. The number of rotatable bonds is 4. The molecule has 0 saturated heterocycles. The van der Waals surface area contributed by atoms with Gasteiger partial charge in [-0.25, -0.2) is 9.79 Å². The summed E-state index contributed by atoms with van der Waals surface area (Å²) in [5.74, 6) is 1.21. The van der Waals surface area contributed by atoms with Crippen LogP contribution >= 0.6 is 15.9 Å². The summed E-state index contributed by atoms with van der Waals surface area (Å²) in [6, 6.07) is 1.86. The Bertz CT molecular complexity index is 439. The third-order valence-corrected chi connectivity index (χ3v) is 3.29. The molecule has 0 aliphatic carbocycles. The molecule has 0 saturated carbocycles. The van der Waals surface area contributed by atoms with Gasteiger partial charge < -0.3 is 9.47 Å². The lowest BCUT2D eigenvalue weighted by atomic mass is 10.1. The van der Waals surface area contributed by atoms with Crippen LogP contribution in [0.25, 0.3) is 0 Å². The summed E-state index contributed by atoms with van der Waals surface area (Å²) in [6.45, 7) is 2.14. The van der Waals surface area contributed by atoms with E-state index in [0.29, 0.717) is 11.5 Å². The number of methoxy groups -OCH3 is 2. The fraction of sp³-hybridized carbons (Fsp3) is 0.364. The van der Waals surface area contributed by atoms with Crippen molar-refractivity contribution in [1.29, 1.82) is 0 Å². The first kappa shape index (κ1) is 12.7. The molecule has 0 N–H and O–H groups in total. The zero-order valence-corrected chi connectivity index (χ0v) is 10.9. The number of hydrogen-bond acceptors (Lipinski definition) is 4. The zero-order valence-electron chi connectivity index (χ0n) is 9.33. The molecule has 1 aromatic carbocycles. The minimum Gasteiger partial charge on any atom is -0.493 e. The number of nitrogens with zero attached hydrogens (tertiary/aromatic N) is 1. The monoisotopic (exact) mass is 285 g/mol. The quantitative estimate of drug-likeness (QED) is 0.631. The van der Waals surface area contributed by atoms with Gasteiger partial charge in [-0.1, -0.05) is 15.9 Å². The second kappa shape index (κ2) is 5.68. The van der Waals surface area contributed by atoms with Crippen LogP contribution in [0.5, 0.6) is 11.5 Å². The Morgan fingerprint density at radius 1 is 1.44 bits per heavy atom. The second-order valence-electron chi connectivity index (χ2n) is 3.13. The number of benzene rings is 1. The van der Waals surface area contributed by atoms with Gasteiger partial charge in [-0.2, -0.15) is 0 Å². The number of ether oxygens (including phenoxy) is 2. The smallest absolute Gasteiger partial charge is 0.235 e. The van der Waals surface area contributed by atoms with Crippen molar-refractivity contribution in [3.05, 3.63) is 21.7 Å². The van der Waals surface area contributed by atoms with Crippen molar-refractivity contribution in [1.82, 2.24) is 0 Å². The molecule has 0 unspecified atom stereocenters. The van der Waals surface area contributed by atoms with Crippen LogP contribution in [-0.2, 0) is 11.3 Å². The predicted molar refractivity (Wildman–Crippen MR) is 63.8 cm³/mol. The first-order chi connectivity index (χ1) is 7.65. The van der Waals surface area contributed by atoms with Gasteiger partial charge in [-0.3, -0.25) is 0 Å². The Kier molecular flexibility index (Phi) is 4.52. The van der Waals surface area contributed by atoms with Crippen LogP contribution in [-0.4, -0.2) is 20.3 Å². The lowest BCUT2D eigenvalue weighted by Crippen LogP contribution is -1.98. The van der Waals surface area contributed by atoms with Crippen molar-refractivity contribution in [2.24, 2.45) is 4.99 Å². The van der Waals surface area contributed by atoms with E-state index in [4.69, 9.17) is 9.47 Å². The topological polar surface area (TPSA) is 47.9 Å². The molecule has 0 fully saturated rings. The van der Waals surface area contributed by atoms with E-state index in [0.717, 1.165) is 15.6 Å². The van der Waals surface area contributed by atoms with E-state index in [1.54, 1.807) is 14.2 Å². The molecule has 86 valence electrons. The Labute approximate surface area is 102 Å². The number of halogens is 1. The van der Waals surface area contributed by atoms with Crippen molar-refractivity contribution in [3.8, 4) is 11.5 Å². The highest BCUT2D eigenvalue weighted by molar-refractivity contribution is 9.10. The van der Waals surface area contributed by atoms with Gasteiger partial charge in [0.25, 0.3) is 0 Å². The minimum atomic E-state index is 0.214. The normalized spacial score (nSPS) is 9.50. The fourth-order valence-electron chi connectivity index (χ4n) is 1.44. The standard InChI is InChI=1S/C11H12BrNO3/c1-7-4-9(15-2)11(16-3)8(10(7)12)5-13-6-14/h4H,5H2,1-3H3. The van der Waals surface area contributed by atoms with Gasteiger partial charge in [0.15, 0.2) is 11.5 Å². The molecule has 1 aromatic rings. The fourth-order valence-corrected chi connectivity index (χ4v) is 1.86. The van der Waals surface area contributed by atoms with Gasteiger partial charge in [0.05, 0.1) is 20.8 Å². The average molecular weight is 286 g/mol. The van der Waals surface area contributed by atoms with Crippen LogP contribution in [0, 0.1) is 6.92 Å². The molecule has 0 atom stereocenters. The van der Waals surface area contributed by atoms with Crippen molar-refractivity contribution >= 4 is 22.0 Å². The van der Waals surface area contributed by atoms with Gasteiger partial charge in [-0.15, -0.1) is 0 Å². The van der Waals surface area contributed by atoms with Gasteiger partial charge >= 0.3 is 0 Å². The molecule has 5 heteroatoms. The van der Waals surface area contributed by atoms with Crippen LogP contribution in [0.1, 0.15) is 11.1 Å². The van der Waals surface area contributed by atoms with Crippen LogP contribution in [0.3, 0.4) is 0 Å². The number of hydrogen-bond donors (Lipinski definition) is 0. The van der Waals surface area contributed by atoms with E-state index >= 15 is 0 Å². The SMILES string of the molecule is COc1cc(C)c(Br)c(CN=C=O)c1OC. The zero-order chi connectivity index (χ0) is 12.1. The second-order valence-corrected chi connectivity index (χ2v) is 3.92. The maximum absolute atomic E-state index is 10.1. The van der Waals surface area contributed by atoms with E-state index < -0.39 is 0 Å². The van der Waals surface area contributed by atoms with Gasteiger partial charge in [0.1, 0.15) is 0 Å². The van der Waals surface area contributed by atoms with Crippen LogP contribution < -0.4 is 9.47 Å². The maximum atomic E-state index is 10.1. The molecule has 0 aromatic heterocycles. The van der Waals surface area contributed by atoms with Crippen LogP contribution in [0.2, 0.25) is 0 Å². The first-order valence-electron chi connectivity index (χ1n) is 4.59. The molecular weight excluding hydrogens is 274 g/mol. The lowest BCUT2D eigenvalue weighted by molar-refractivity contribution is 0.351. The van der Waals surface area contributed by atoms with E-state index in [2.05, 4.69) is 20.9 Å². The van der Waals surface area contributed by atoms with Crippen molar-refractivity contribution < 1.29 is 14.3 Å². The maximum Gasteiger partial charge on any atom is 0.235 e. The Hall–Kier alpha value is -1.32. The number of carbonyl (C=O) groups excluding carboxylic acids is 1. The summed E-state index contributed by atoms with van der Waals surface area (Å²) in [7, 11) is 3.12. The van der Waals surface area contributed by atoms with E-state index in [-0.39, 0.29) is 6.54 Å². The Morgan fingerprint density at radius 3 is 2.62 bits per heavy atom. The highest BCUT2D eigenvalue weighted by atomic mass is 79.9. The van der Waals surface area contributed by atoms with Crippen molar-refractivity contribution in [2.75, 3.05) is 14.2 Å². The van der Waals surface area contributed by atoms with Gasteiger partial charge in [0.2, 0.25) is 6.08 Å². The third-order valence-electron chi connectivity index (χ3n) is 2.18. The number of aliphatic imine (C=N–C) groups is 1. The third kappa shape index (κ3) is 2.43. The minimum absolute atomic E-state index is 0.214. The molecular formula is C11H12BrNO3. The van der Waals surface area contributed by atoms with Crippen LogP contribution in [0.15, 0.2) is 15.5 Å². The summed E-state index contributed by atoms with van der Waals surface area (Å²) in [4.78, 5) is 13.7. The van der Waals surface area contributed by atoms with Gasteiger partial charge in [-0.05, 0) is 18.6 Å². The summed E-state index contributed by atoms with van der Waals surface area (Å²) in [6.07, 6.45) is 1.51. The van der Waals surface area contributed by atoms with E-state index in [9.17, 15) is 4.79 Å². The summed E-state index contributed by atoms with van der Waals surface area (Å²) in [5.41, 5.74) is 1.77. The highest BCUT2D eigenvalue weighted by Crippen LogP contribution is 2.38. The van der Waals surface area contributed by atoms with E-state index in [1.165, 1.54) is 6.08 Å². The average Bonchev–Trinajstić information content (AvgIpc) is 2.30. The molecule has 16 heavy (non-hydrogen) atoms. The number of isocyanates is 1. The molecule has 0 heterocycles. The predicted octanol–water partition coefficient (Wildman–Crippen LogP) is 2.61. The Morgan fingerprint density at radius 2 is 2.12 bits per heavy atom. The first-order valence-corrected chi connectivity index (χ1v) is 5.38.